The van der Waals surface area contributed by atoms with Gasteiger partial charge >= 0.3 is 0 Å². The lowest BCUT2D eigenvalue weighted by molar-refractivity contribution is -0.127. The van der Waals surface area contributed by atoms with Gasteiger partial charge in [0.2, 0.25) is 16.9 Å². The Hall–Kier alpha value is -2.48. The number of amides is 2. The maximum absolute atomic E-state index is 12.8. The van der Waals surface area contributed by atoms with Crippen molar-refractivity contribution >= 4 is 28.3 Å². The van der Waals surface area contributed by atoms with Crippen molar-refractivity contribution in [3.8, 4) is 16.3 Å². The molecule has 0 aliphatic carbocycles. The van der Waals surface area contributed by atoms with Gasteiger partial charge in [0, 0.05) is 12.0 Å². The van der Waals surface area contributed by atoms with Gasteiger partial charge < -0.3 is 10.1 Å². The third-order valence-corrected chi connectivity index (χ3v) is 5.70. The highest BCUT2D eigenvalue weighted by atomic mass is 32.1. The van der Waals surface area contributed by atoms with Gasteiger partial charge in [-0.25, -0.2) is 0 Å². The Morgan fingerprint density at radius 2 is 1.86 bits per heavy atom. The molecule has 2 amide bonds. The third-order valence-electron chi connectivity index (χ3n) is 4.81. The van der Waals surface area contributed by atoms with E-state index in [-0.39, 0.29) is 17.7 Å². The Labute approximate surface area is 176 Å². The molecular formula is C21H30N4O3S. The summed E-state index contributed by atoms with van der Waals surface area (Å²) in [5.41, 5.74) is 0.895. The van der Waals surface area contributed by atoms with E-state index < -0.39 is 6.04 Å². The SMILES string of the molecule is CCCCCC(=O)N[C@@H](C(=O)Nc1nnc(-c2ccc(OC)cc2)s1)[C@@H](C)CC. The van der Waals surface area contributed by atoms with E-state index in [0.717, 1.165) is 37.0 Å². The van der Waals surface area contributed by atoms with Gasteiger partial charge in [-0.15, -0.1) is 10.2 Å². The number of benzene rings is 1. The molecule has 0 spiro atoms. The molecule has 0 saturated carbocycles. The zero-order chi connectivity index (χ0) is 21.2. The molecule has 8 heteroatoms. The van der Waals surface area contributed by atoms with Crippen molar-refractivity contribution in [3.05, 3.63) is 24.3 Å². The molecular weight excluding hydrogens is 388 g/mol. The van der Waals surface area contributed by atoms with Gasteiger partial charge in [0.1, 0.15) is 16.8 Å². The Bertz CT molecular complexity index is 791. The molecule has 158 valence electrons. The molecule has 0 radical (unpaired) electrons. The fourth-order valence-electron chi connectivity index (χ4n) is 2.79. The summed E-state index contributed by atoms with van der Waals surface area (Å²) >= 11 is 1.29. The lowest BCUT2D eigenvalue weighted by Crippen LogP contribution is -2.47. The molecule has 2 aromatic rings. The number of anilines is 1. The Kier molecular flexibility index (Phi) is 9.05. The lowest BCUT2D eigenvalue weighted by Gasteiger charge is -2.23. The van der Waals surface area contributed by atoms with Crippen molar-refractivity contribution in [1.29, 1.82) is 0 Å². The van der Waals surface area contributed by atoms with Crippen molar-refractivity contribution in [2.75, 3.05) is 12.4 Å². The molecule has 0 unspecified atom stereocenters. The van der Waals surface area contributed by atoms with Gasteiger partial charge in [0.15, 0.2) is 0 Å². The average molecular weight is 419 g/mol. The number of carbonyl (C=O) groups is 2. The van der Waals surface area contributed by atoms with Crippen LogP contribution in [0.3, 0.4) is 0 Å². The summed E-state index contributed by atoms with van der Waals surface area (Å²) < 4.78 is 5.16. The van der Waals surface area contributed by atoms with E-state index in [1.54, 1.807) is 7.11 Å². The number of carbonyl (C=O) groups excluding carboxylic acids is 2. The number of nitrogens with zero attached hydrogens (tertiary/aromatic N) is 2. The number of hydrogen-bond donors (Lipinski definition) is 2. The van der Waals surface area contributed by atoms with Gasteiger partial charge in [-0.05, 0) is 36.6 Å². The average Bonchev–Trinajstić information content (AvgIpc) is 3.20. The number of rotatable bonds is 11. The molecule has 7 nitrogen and oxygen atoms in total. The van der Waals surface area contributed by atoms with Gasteiger partial charge in [0.25, 0.3) is 0 Å². The first-order valence-corrected chi connectivity index (χ1v) is 10.9. The van der Waals surface area contributed by atoms with Crippen LogP contribution in [0.2, 0.25) is 0 Å². The summed E-state index contributed by atoms with van der Waals surface area (Å²) in [6.45, 7) is 6.05. The monoisotopic (exact) mass is 418 g/mol. The number of methoxy groups -OCH3 is 1. The van der Waals surface area contributed by atoms with Crippen LogP contribution >= 0.6 is 11.3 Å². The van der Waals surface area contributed by atoms with E-state index in [2.05, 4.69) is 27.8 Å². The van der Waals surface area contributed by atoms with Crippen LogP contribution in [0.4, 0.5) is 5.13 Å². The van der Waals surface area contributed by atoms with Crippen molar-refractivity contribution in [1.82, 2.24) is 15.5 Å². The minimum absolute atomic E-state index is 0.0131. The minimum atomic E-state index is -0.595. The molecule has 1 heterocycles. The summed E-state index contributed by atoms with van der Waals surface area (Å²) in [6.07, 6.45) is 4.11. The van der Waals surface area contributed by atoms with E-state index in [1.165, 1.54) is 11.3 Å². The summed E-state index contributed by atoms with van der Waals surface area (Å²) in [7, 11) is 1.61. The van der Waals surface area contributed by atoms with Crippen molar-refractivity contribution < 1.29 is 14.3 Å². The Balaban J connectivity index is 2.02. The molecule has 0 bridgehead atoms. The Morgan fingerprint density at radius 3 is 2.48 bits per heavy atom. The molecule has 0 aliphatic rings. The lowest BCUT2D eigenvalue weighted by atomic mass is 9.98. The number of hydrogen-bond acceptors (Lipinski definition) is 6. The first-order chi connectivity index (χ1) is 14.0. The van der Waals surface area contributed by atoms with Gasteiger partial charge in [0.05, 0.1) is 7.11 Å². The van der Waals surface area contributed by atoms with E-state index in [4.69, 9.17) is 4.74 Å². The second-order valence-electron chi connectivity index (χ2n) is 7.02. The molecule has 0 fully saturated rings. The van der Waals surface area contributed by atoms with Gasteiger partial charge in [-0.3, -0.25) is 14.9 Å². The molecule has 1 aromatic heterocycles. The second-order valence-corrected chi connectivity index (χ2v) is 8.00. The number of aromatic nitrogens is 2. The highest BCUT2D eigenvalue weighted by Gasteiger charge is 2.26. The fraction of sp³-hybridized carbons (Fsp3) is 0.524. The first-order valence-electron chi connectivity index (χ1n) is 10.1. The molecule has 2 N–H and O–H groups in total. The summed E-state index contributed by atoms with van der Waals surface area (Å²) in [5.74, 6) is 0.424. The smallest absolute Gasteiger partial charge is 0.249 e. The topological polar surface area (TPSA) is 93.2 Å². The third kappa shape index (κ3) is 6.81. The molecule has 0 saturated heterocycles. The number of nitrogens with one attached hydrogen (secondary N) is 2. The van der Waals surface area contributed by atoms with Crippen LogP contribution < -0.4 is 15.4 Å². The molecule has 2 atom stereocenters. The largest absolute Gasteiger partial charge is 0.497 e. The van der Waals surface area contributed by atoms with Crippen LogP contribution in [0.5, 0.6) is 5.75 Å². The maximum atomic E-state index is 12.8. The van der Waals surface area contributed by atoms with Crippen LogP contribution in [0.1, 0.15) is 52.9 Å². The number of ether oxygens (including phenoxy) is 1. The summed E-state index contributed by atoms with van der Waals surface area (Å²) in [6, 6.07) is 6.89. The van der Waals surface area contributed by atoms with Crippen molar-refractivity contribution in [2.24, 2.45) is 5.92 Å². The predicted octanol–water partition coefficient (Wildman–Crippen LogP) is 4.26. The highest BCUT2D eigenvalue weighted by Crippen LogP contribution is 2.28. The molecule has 0 aliphatic heterocycles. The van der Waals surface area contributed by atoms with E-state index >= 15 is 0 Å². The second kappa shape index (κ2) is 11.5. The van der Waals surface area contributed by atoms with Crippen molar-refractivity contribution in [3.63, 3.8) is 0 Å². The highest BCUT2D eigenvalue weighted by molar-refractivity contribution is 7.18. The van der Waals surface area contributed by atoms with Crippen molar-refractivity contribution in [2.45, 2.75) is 58.9 Å². The molecule has 2 rings (SSSR count). The minimum Gasteiger partial charge on any atom is -0.497 e. The van der Waals surface area contributed by atoms with Crippen LogP contribution in [-0.4, -0.2) is 35.2 Å². The van der Waals surface area contributed by atoms with Crippen LogP contribution in [-0.2, 0) is 9.59 Å². The van der Waals surface area contributed by atoms with Gasteiger partial charge in [-0.2, -0.15) is 0 Å². The van der Waals surface area contributed by atoms with E-state index in [0.29, 0.717) is 16.6 Å². The fourth-order valence-corrected chi connectivity index (χ4v) is 3.54. The zero-order valence-corrected chi connectivity index (χ0v) is 18.3. The quantitative estimate of drug-likeness (QED) is 0.532. The molecule has 29 heavy (non-hydrogen) atoms. The molecule has 1 aromatic carbocycles. The zero-order valence-electron chi connectivity index (χ0n) is 17.5. The predicted molar refractivity (Wildman–Crippen MR) is 116 cm³/mol. The standard InChI is InChI=1S/C21H30N4O3S/c1-5-7-8-9-17(26)22-18(14(3)6-2)19(27)23-21-25-24-20(29-21)15-10-12-16(28-4)13-11-15/h10-14,18H,5-9H2,1-4H3,(H,22,26)(H,23,25,27)/t14-,18+/m0/s1. The van der Waals surface area contributed by atoms with Crippen LogP contribution in [0, 0.1) is 5.92 Å². The van der Waals surface area contributed by atoms with Crippen LogP contribution in [0.15, 0.2) is 24.3 Å². The first kappa shape index (κ1) is 22.8. The summed E-state index contributed by atoms with van der Waals surface area (Å²) in [4.78, 5) is 25.0. The van der Waals surface area contributed by atoms with E-state index in [9.17, 15) is 9.59 Å². The Morgan fingerprint density at radius 1 is 1.14 bits per heavy atom. The number of unbranched alkanes of at least 4 members (excludes halogenated alkanes) is 2. The maximum Gasteiger partial charge on any atom is 0.249 e. The van der Waals surface area contributed by atoms with Crippen LogP contribution in [0.25, 0.3) is 10.6 Å². The summed E-state index contributed by atoms with van der Waals surface area (Å²) in [5, 5.41) is 15.0. The van der Waals surface area contributed by atoms with E-state index in [1.807, 2.05) is 38.1 Å². The van der Waals surface area contributed by atoms with Gasteiger partial charge in [-0.1, -0.05) is 51.4 Å². The normalized spacial score (nSPS) is 12.8.